The monoisotopic (exact) mass is 435 g/mol. The maximum atomic E-state index is 13.4. The Morgan fingerprint density at radius 3 is 2.31 bits per heavy atom. The van der Waals surface area contributed by atoms with Gasteiger partial charge < -0.3 is 9.64 Å². The zero-order valence-corrected chi connectivity index (χ0v) is 19.4. The summed E-state index contributed by atoms with van der Waals surface area (Å²) >= 11 is 0. The van der Waals surface area contributed by atoms with E-state index in [0.29, 0.717) is 18.4 Å². The van der Waals surface area contributed by atoms with Gasteiger partial charge in [0, 0.05) is 18.0 Å². The second kappa shape index (κ2) is 10.3. The Hall–Kier alpha value is -2.66. The molecule has 0 N–H and O–H groups in total. The molecule has 1 aliphatic rings. The number of halogens is 1. The van der Waals surface area contributed by atoms with Gasteiger partial charge in [-0.15, -0.1) is 0 Å². The molecule has 1 fully saturated rings. The van der Waals surface area contributed by atoms with E-state index in [1.165, 1.54) is 29.1 Å². The Bertz CT molecular complexity index is 987. The van der Waals surface area contributed by atoms with Gasteiger partial charge in [0.1, 0.15) is 11.6 Å². The average molecular weight is 436 g/mol. The van der Waals surface area contributed by atoms with E-state index in [9.17, 15) is 4.39 Å². The van der Waals surface area contributed by atoms with Crippen LogP contribution in [0.15, 0.2) is 54.6 Å². The minimum atomic E-state index is -0.200. The van der Waals surface area contributed by atoms with Gasteiger partial charge >= 0.3 is 0 Å². The molecule has 0 amide bonds. The lowest BCUT2D eigenvalue weighted by Crippen LogP contribution is -2.29. The highest BCUT2D eigenvalue weighted by Crippen LogP contribution is 2.28. The Morgan fingerprint density at radius 1 is 1.00 bits per heavy atom. The van der Waals surface area contributed by atoms with Crippen molar-refractivity contribution in [3.05, 3.63) is 82.9 Å². The molecule has 0 spiro atoms. The van der Waals surface area contributed by atoms with Crippen molar-refractivity contribution in [1.29, 1.82) is 0 Å². The van der Waals surface area contributed by atoms with Gasteiger partial charge in [0.2, 0.25) is 0 Å². The normalized spacial score (nSPS) is 15.4. The summed E-state index contributed by atoms with van der Waals surface area (Å²) in [5.41, 5.74) is 4.65. The number of aromatic nitrogens is 2. The minimum Gasteiger partial charge on any atom is -0.493 e. The smallest absolute Gasteiger partial charge is 0.123 e. The SMILES string of the molecule is CC(C)COc1ccc(Cn2nc(C3CCN(C)CC3)cc2Cc2ccc(F)cc2)cc1. The fourth-order valence-electron chi connectivity index (χ4n) is 4.20. The van der Waals surface area contributed by atoms with Crippen LogP contribution in [0, 0.1) is 11.7 Å². The molecule has 0 unspecified atom stereocenters. The topological polar surface area (TPSA) is 30.3 Å². The predicted octanol–water partition coefficient (Wildman–Crippen LogP) is 5.51. The average Bonchev–Trinajstić information content (AvgIpc) is 3.17. The van der Waals surface area contributed by atoms with Gasteiger partial charge in [-0.1, -0.05) is 38.1 Å². The van der Waals surface area contributed by atoms with E-state index in [0.717, 1.165) is 50.3 Å². The zero-order chi connectivity index (χ0) is 22.5. The Kier molecular flexibility index (Phi) is 7.26. The number of likely N-dealkylation sites (tertiary alicyclic amines) is 1. The second-order valence-corrected chi connectivity index (χ2v) is 9.45. The first-order valence-electron chi connectivity index (χ1n) is 11.7. The van der Waals surface area contributed by atoms with Crippen molar-refractivity contribution in [2.75, 3.05) is 26.7 Å². The number of hydrogen-bond donors (Lipinski definition) is 0. The molecule has 3 aromatic rings. The third-order valence-corrected chi connectivity index (χ3v) is 6.16. The maximum Gasteiger partial charge on any atom is 0.123 e. The van der Waals surface area contributed by atoms with E-state index < -0.39 is 0 Å². The van der Waals surface area contributed by atoms with Crippen LogP contribution >= 0.6 is 0 Å². The van der Waals surface area contributed by atoms with Gasteiger partial charge in [-0.05, 0) is 80.4 Å². The van der Waals surface area contributed by atoms with Crippen molar-refractivity contribution in [3.63, 3.8) is 0 Å². The van der Waals surface area contributed by atoms with Gasteiger partial charge in [0.25, 0.3) is 0 Å². The molecule has 1 aliphatic heterocycles. The summed E-state index contributed by atoms with van der Waals surface area (Å²) in [5, 5.41) is 5.04. The van der Waals surface area contributed by atoms with Gasteiger partial charge in [-0.25, -0.2) is 4.39 Å². The lowest BCUT2D eigenvalue weighted by Gasteiger charge is -2.27. The predicted molar refractivity (Wildman–Crippen MR) is 127 cm³/mol. The van der Waals surface area contributed by atoms with E-state index in [1.807, 2.05) is 24.3 Å². The fourth-order valence-corrected chi connectivity index (χ4v) is 4.20. The molecule has 0 radical (unpaired) electrons. The van der Waals surface area contributed by atoms with Crippen LogP contribution in [0.3, 0.4) is 0 Å². The molecule has 4 nitrogen and oxygen atoms in total. The number of benzene rings is 2. The van der Waals surface area contributed by atoms with Crippen molar-refractivity contribution in [3.8, 4) is 5.75 Å². The summed E-state index contributed by atoms with van der Waals surface area (Å²) in [7, 11) is 2.18. The highest BCUT2D eigenvalue weighted by molar-refractivity contribution is 5.29. The molecule has 1 saturated heterocycles. The van der Waals surface area contributed by atoms with Crippen LogP contribution < -0.4 is 4.74 Å². The molecule has 2 aromatic carbocycles. The molecule has 0 aliphatic carbocycles. The summed E-state index contributed by atoms with van der Waals surface area (Å²) in [6, 6.07) is 17.4. The highest BCUT2D eigenvalue weighted by Gasteiger charge is 2.22. The first-order chi connectivity index (χ1) is 15.5. The van der Waals surface area contributed by atoms with Crippen LogP contribution in [0.25, 0.3) is 0 Å². The molecule has 0 saturated carbocycles. The first kappa shape index (κ1) is 22.5. The maximum absolute atomic E-state index is 13.4. The van der Waals surface area contributed by atoms with Gasteiger partial charge in [0.15, 0.2) is 0 Å². The molecule has 0 bridgehead atoms. The van der Waals surface area contributed by atoms with Crippen LogP contribution in [0.4, 0.5) is 4.39 Å². The Balaban J connectivity index is 1.53. The van der Waals surface area contributed by atoms with Crippen molar-refractivity contribution >= 4 is 0 Å². The van der Waals surface area contributed by atoms with Crippen molar-refractivity contribution in [2.45, 2.75) is 45.6 Å². The summed E-state index contributed by atoms with van der Waals surface area (Å²) in [6.07, 6.45) is 3.03. The number of piperidine rings is 1. The van der Waals surface area contributed by atoms with E-state index >= 15 is 0 Å². The molecule has 32 heavy (non-hydrogen) atoms. The Labute approximate surface area is 191 Å². The van der Waals surface area contributed by atoms with Crippen LogP contribution in [-0.2, 0) is 13.0 Å². The quantitative estimate of drug-likeness (QED) is 0.468. The first-order valence-corrected chi connectivity index (χ1v) is 11.7. The van der Waals surface area contributed by atoms with Gasteiger partial charge in [-0.3, -0.25) is 4.68 Å². The Morgan fingerprint density at radius 2 is 1.66 bits per heavy atom. The van der Waals surface area contributed by atoms with Gasteiger partial charge in [-0.2, -0.15) is 5.10 Å². The summed E-state index contributed by atoms with van der Waals surface area (Å²) in [4.78, 5) is 2.38. The molecule has 4 rings (SSSR count). The minimum absolute atomic E-state index is 0.200. The molecule has 1 aromatic heterocycles. The molecule has 170 valence electrons. The molecular formula is C27H34FN3O. The van der Waals surface area contributed by atoms with E-state index in [1.54, 1.807) is 0 Å². The van der Waals surface area contributed by atoms with Gasteiger partial charge in [0.05, 0.1) is 18.8 Å². The van der Waals surface area contributed by atoms with E-state index in [4.69, 9.17) is 9.84 Å². The number of hydrogen-bond acceptors (Lipinski definition) is 3. The number of rotatable bonds is 8. The van der Waals surface area contributed by atoms with E-state index in [2.05, 4.69) is 48.7 Å². The van der Waals surface area contributed by atoms with Crippen molar-refractivity contribution < 1.29 is 9.13 Å². The number of ether oxygens (including phenoxy) is 1. The lowest BCUT2D eigenvalue weighted by atomic mass is 9.93. The van der Waals surface area contributed by atoms with Crippen LogP contribution in [0.2, 0.25) is 0 Å². The molecular weight excluding hydrogens is 401 g/mol. The summed E-state index contributed by atoms with van der Waals surface area (Å²) in [5.74, 6) is 1.72. The molecule has 5 heteroatoms. The molecule has 0 atom stereocenters. The third kappa shape index (κ3) is 5.98. The van der Waals surface area contributed by atoms with Crippen LogP contribution in [0.5, 0.6) is 5.75 Å². The number of nitrogens with zero attached hydrogens (tertiary/aromatic N) is 3. The van der Waals surface area contributed by atoms with Crippen molar-refractivity contribution in [2.24, 2.45) is 5.92 Å². The van der Waals surface area contributed by atoms with Crippen LogP contribution in [-0.4, -0.2) is 41.4 Å². The van der Waals surface area contributed by atoms with Crippen molar-refractivity contribution in [1.82, 2.24) is 14.7 Å². The standard InChI is InChI=1S/C27H34FN3O/c1-20(2)19-32-26-10-6-22(7-11-26)18-31-25(16-21-4-8-24(28)9-5-21)17-27(29-31)23-12-14-30(3)15-13-23/h4-11,17,20,23H,12-16,18-19H2,1-3H3. The highest BCUT2D eigenvalue weighted by atomic mass is 19.1. The molecule has 2 heterocycles. The zero-order valence-electron chi connectivity index (χ0n) is 19.4. The lowest BCUT2D eigenvalue weighted by molar-refractivity contribution is 0.253. The second-order valence-electron chi connectivity index (χ2n) is 9.45. The summed E-state index contributed by atoms with van der Waals surface area (Å²) < 4.78 is 21.3. The largest absolute Gasteiger partial charge is 0.493 e. The fraction of sp³-hybridized carbons (Fsp3) is 0.444. The van der Waals surface area contributed by atoms with E-state index in [-0.39, 0.29) is 5.82 Å². The summed E-state index contributed by atoms with van der Waals surface area (Å²) in [6.45, 7) is 7.96. The van der Waals surface area contributed by atoms with Crippen LogP contribution in [0.1, 0.15) is 55.1 Å². The third-order valence-electron chi connectivity index (χ3n) is 6.16.